The van der Waals surface area contributed by atoms with Gasteiger partial charge in [-0.1, -0.05) is 18.2 Å². The fraction of sp³-hybridized carbons (Fsp3) is 0.467. The molecule has 6 heteroatoms. The van der Waals surface area contributed by atoms with Gasteiger partial charge in [0.2, 0.25) is 0 Å². The third kappa shape index (κ3) is 3.72. The zero-order chi connectivity index (χ0) is 15.2. The number of carboxylic acids is 1. The summed E-state index contributed by atoms with van der Waals surface area (Å²) in [5, 5.41) is 20.4. The zero-order valence-electron chi connectivity index (χ0n) is 11.8. The van der Waals surface area contributed by atoms with Crippen LogP contribution in [-0.2, 0) is 11.2 Å². The van der Waals surface area contributed by atoms with E-state index < -0.39 is 18.0 Å². The number of anilines is 1. The SMILES string of the molecule is O=C(O)[C@@H](CCO)NC(=O)N1CCCCc2ccccc21. The van der Waals surface area contributed by atoms with E-state index in [1.807, 2.05) is 24.3 Å². The number of hydrogen-bond donors (Lipinski definition) is 3. The number of carbonyl (C=O) groups is 2. The van der Waals surface area contributed by atoms with Crippen molar-refractivity contribution >= 4 is 17.7 Å². The average molecular weight is 292 g/mol. The normalized spacial score (nSPS) is 15.8. The molecule has 1 aliphatic rings. The van der Waals surface area contributed by atoms with Crippen LogP contribution in [0.1, 0.15) is 24.8 Å². The van der Waals surface area contributed by atoms with Gasteiger partial charge in [-0.3, -0.25) is 4.90 Å². The minimum absolute atomic E-state index is 0.00341. The Balaban J connectivity index is 2.16. The molecule has 0 spiro atoms. The summed E-state index contributed by atoms with van der Waals surface area (Å²) in [6, 6.07) is 6.17. The van der Waals surface area contributed by atoms with Gasteiger partial charge in [0.15, 0.2) is 0 Å². The molecule has 114 valence electrons. The molecule has 21 heavy (non-hydrogen) atoms. The Morgan fingerprint density at radius 1 is 1.29 bits per heavy atom. The number of rotatable bonds is 4. The van der Waals surface area contributed by atoms with Gasteiger partial charge in [-0.05, 0) is 30.9 Å². The minimum atomic E-state index is -1.14. The molecule has 1 atom stereocenters. The largest absolute Gasteiger partial charge is 0.480 e. The lowest BCUT2D eigenvalue weighted by Crippen LogP contribution is -2.48. The van der Waals surface area contributed by atoms with Crippen molar-refractivity contribution in [1.82, 2.24) is 5.32 Å². The number of aryl methyl sites for hydroxylation is 1. The molecule has 0 aliphatic carbocycles. The van der Waals surface area contributed by atoms with Crippen molar-refractivity contribution in [2.24, 2.45) is 0 Å². The number of amides is 2. The van der Waals surface area contributed by atoms with E-state index in [9.17, 15) is 9.59 Å². The Labute approximate surface area is 123 Å². The number of benzene rings is 1. The van der Waals surface area contributed by atoms with E-state index in [1.165, 1.54) is 0 Å². The molecule has 1 heterocycles. The summed E-state index contributed by atoms with van der Waals surface area (Å²) in [6.45, 7) is 0.280. The first-order valence-electron chi connectivity index (χ1n) is 7.13. The molecule has 2 amide bonds. The summed E-state index contributed by atoms with van der Waals surface area (Å²) in [4.78, 5) is 25.0. The number of nitrogens with one attached hydrogen (secondary N) is 1. The highest BCUT2D eigenvalue weighted by atomic mass is 16.4. The number of carboxylic acid groups (broad SMARTS) is 1. The molecule has 2 rings (SSSR count). The number of carbonyl (C=O) groups excluding carboxylic acids is 1. The van der Waals surface area contributed by atoms with Crippen LogP contribution in [-0.4, -0.2) is 41.4 Å². The number of hydrogen-bond acceptors (Lipinski definition) is 3. The fourth-order valence-corrected chi connectivity index (χ4v) is 2.52. The molecule has 0 saturated heterocycles. The Kier molecular flexibility index (Phi) is 5.16. The van der Waals surface area contributed by atoms with Crippen LogP contribution in [0.15, 0.2) is 24.3 Å². The number of urea groups is 1. The molecule has 6 nitrogen and oxygen atoms in total. The monoisotopic (exact) mass is 292 g/mol. The molecule has 3 N–H and O–H groups in total. The standard InChI is InChI=1S/C15H20N2O4/c18-10-8-12(14(19)20)16-15(21)17-9-4-3-6-11-5-1-2-7-13(11)17/h1-2,5,7,12,18H,3-4,6,8-10H2,(H,16,21)(H,19,20)/t12-/m1/s1. The van der Waals surface area contributed by atoms with Crippen LogP contribution in [0.5, 0.6) is 0 Å². The van der Waals surface area contributed by atoms with E-state index in [4.69, 9.17) is 10.2 Å². The quantitative estimate of drug-likeness (QED) is 0.782. The number of aliphatic carboxylic acids is 1. The maximum absolute atomic E-state index is 12.4. The lowest BCUT2D eigenvalue weighted by Gasteiger charge is -2.25. The van der Waals surface area contributed by atoms with E-state index in [0.29, 0.717) is 6.54 Å². The average Bonchev–Trinajstić information content (AvgIpc) is 2.69. The van der Waals surface area contributed by atoms with Crippen LogP contribution in [0.4, 0.5) is 10.5 Å². The highest BCUT2D eigenvalue weighted by molar-refractivity contribution is 5.95. The van der Waals surface area contributed by atoms with Crippen molar-refractivity contribution in [3.63, 3.8) is 0 Å². The smallest absolute Gasteiger partial charge is 0.326 e. The second-order valence-electron chi connectivity index (χ2n) is 5.09. The molecule has 0 unspecified atom stereocenters. The maximum atomic E-state index is 12.4. The summed E-state index contributed by atoms with van der Waals surface area (Å²) in [7, 11) is 0. The van der Waals surface area contributed by atoms with Crippen LogP contribution >= 0.6 is 0 Å². The first kappa shape index (κ1) is 15.3. The Morgan fingerprint density at radius 3 is 2.76 bits per heavy atom. The van der Waals surface area contributed by atoms with Gasteiger partial charge in [0.25, 0.3) is 0 Å². The first-order chi connectivity index (χ1) is 10.1. The molecule has 0 radical (unpaired) electrons. The molecule has 0 aromatic heterocycles. The topological polar surface area (TPSA) is 89.9 Å². The number of nitrogens with zero attached hydrogens (tertiary/aromatic N) is 1. The highest BCUT2D eigenvalue weighted by Gasteiger charge is 2.25. The number of fused-ring (bicyclic) bond motifs is 1. The zero-order valence-corrected chi connectivity index (χ0v) is 11.8. The molecule has 1 aromatic carbocycles. The molecule has 1 aliphatic heterocycles. The predicted octanol–water partition coefficient (Wildman–Crippen LogP) is 1.37. The molecule has 0 saturated carbocycles. The van der Waals surface area contributed by atoms with Gasteiger partial charge in [0, 0.05) is 25.3 Å². The third-order valence-corrected chi connectivity index (χ3v) is 3.62. The minimum Gasteiger partial charge on any atom is -0.480 e. The van der Waals surface area contributed by atoms with E-state index in [0.717, 1.165) is 30.5 Å². The van der Waals surface area contributed by atoms with E-state index >= 15 is 0 Å². The van der Waals surface area contributed by atoms with Crippen LogP contribution in [0.3, 0.4) is 0 Å². The first-order valence-corrected chi connectivity index (χ1v) is 7.13. The Morgan fingerprint density at radius 2 is 2.05 bits per heavy atom. The lowest BCUT2D eigenvalue weighted by molar-refractivity contribution is -0.139. The van der Waals surface area contributed by atoms with Crippen LogP contribution < -0.4 is 10.2 Å². The summed E-state index contributed by atoms with van der Waals surface area (Å²) in [6.07, 6.45) is 2.79. The van der Waals surface area contributed by atoms with Gasteiger partial charge in [-0.2, -0.15) is 0 Å². The Hall–Kier alpha value is -2.08. The third-order valence-electron chi connectivity index (χ3n) is 3.62. The molecule has 0 fully saturated rings. The second-order valence-corrected chi connectivity index (χ2v) is 5.09. The number of aliphatic hydroxyl groups excluding tert-OH is 1. The lowest BCUT2D eigenvalue weighted by atomic mass is 10.1. The number of para-hydroxylation sites is 1. The summed E-state index contributed by atoms with van der Waals surface area (Å²) >= 11 is 0. The summed E-state index contributed by atoms with van der Waals surface area (Å²) in [5.74, 6) is -1.14. The van der Waals surface area contributed by atoms with Gasteiger partial charge in [-0.25, -0.2) is 9.59 Å². The van der Waals surface area contributed by atoms with Crippen molar-refractivity contribution in [1.29, 1.82) is 0 Å². The highest BCUT2D eigenvalue weighted by Crippen LogP contribution is 2.26. The fourth-order valence-electron chi connectivity index (χ4n) is 2.52. The summed E-state index contributed by atoms with van der Waals surface area (Å²) in [5.41, 5.74) is 1.93. The molecular weight excluding hydrogens is 272 g/mol. The van der Waals surface area contributed by atoms with Crippen molar-refractivity contribution in [3.8, 4) is 0 Å². The Bertz CT molecular complexity index is 518. The molecule has 0 bridgehead atoms. The molecular formula is C15H20N2O4. The maximum Gasteiger partial charge on any atom is 0.326 e. The predicted molar refractivity (Wildman–Crippen MR) is 78.4 cm³/mol. The molecule has 1 aromatic rings. The van der Waals surface area contributed by atoms with E-state index in [1.54, 1.807) is 4.90 Å². The van der Waals surface area contributed by atoms with Crippen molar-refractivity contribution in [3.05, 3.63) is 29.8 Å². The summed E-state index contributed by atoms with van der Waals surface area (Å²) < 4.78 is 0. The van der Waals surface area contributed by atoms with Gasteiger partial charge in [0.1, 0.15) is 6.04 Å². The van der Waals surface area contributed by atoms with Gasteiger partial charge in [0.05, 0.1) is 0 Å². The van der Waals surface area contributed by atoms with E-state index in [-0.39, 0.29) is 13.0 Å². The van der Waals surface area contributed by atoms with Crippen LogP contribution in [0.2, 0.25) is 0 Å². The van der Waals surface area contributed by atoms with Crippen molar-refractivity contribution < 1.29 is 19.8 Å². The van der Waals surface area contributed by atoms with Crippen molar-refractivity contribution in [2.45, 2.75) is 31.7 Å². The second kappa shape index (κ2) is 7.08. The number of aliphatic hydroxyl groups is 1. The van der Waals surface area contributed by atoms with Gasteiger partial charge < -0.3 is 15.5 Å². The van der Waals surface area contributed by atoms with Crippen LogP contribution in [0.25, 0.3) is 0 Å². The van der Waals surface area contributed by atoms with Gasteiger partial charge in [-0.15, -0.1) is 0 Å². The van der Waals surface area contributed by atoms with Gasteiger partial charge >= 0.3 is 12.0 Å². The van der Waals surface area contributed by atoms with Crippen LogP contribution in [0, 0.1) is 0 Å². The van der Waals surface area contributed by atoms with Crippen molar-refractivity contribution in [2.75, 3.05) is 18.1 Å². The van der Waals surface area contributed by atoms with E-state index in [2.05, 4.69) is 5.32 Å².